The molecule has 0 aliphatic carbocycles. The molecule has 2 N–H and O–H groups in total. The average Bonchev–Trinajstić information content (AvgIpc) is 3.37. The Kier molecular flexibility index (Phi) is 6.94. The molecule has 0 unspecified atom stereocenters. The fourth-order valence-electron chi connectivity index (χ4n) is 5.18. The fourth-order valence-corrected chi connectivity index (χ4v) is 5.18. The number of benzene rings is 3. The van der Waals surface area contributed by atoms with Crippen molar-refractivity contribution in [2.24, 2.45) is 0 Å². The molecule has 0 radical (unpaired) electrons. The second-order valence-electron chi connectivity index (χ2n) is 9.68. The molecule has 0 spiro atoms. The third-order valence-electron chi connectivity index (χ3n) is 7.22. The molecule has 0 fully saturated rings. The summed E-state index contributed by atoms with van der Waals surface area (Å²) in [6, 6.07) is 20.3. The Labute approximate surface area is 220 Å². The zero-order valence-corrected chi connectivity index (χ0v) is 21.1. The summed E-state index contributed by atoms with van der Waals surface area (Å²) in [7, 11) is 0. The smallest absolute Gasteiger partial charge is 0.167 e. The van der Waals surface area contributed by atoms with Crippen LogP contribution < -0.4 is 10.6 Å². The van der Waals surface area contributed by atoms with Crippen molar-refractivity contribution in [3.05, 3.63) is 107 Å². The topological polar surface area (TPSA) is 54.8 Å². The van der Waals surface area contributed by atoms with Crippen molar-refractivity contribution in [3.63, 3.8) is 0 Å². The molecular formula is C31H29F2N5. The van der Waals surface area contributed by atoms with E-state index in [-0.39, 0.29) is 11.6 Å². The van der Waals surface area contributed by atoms with E-state index in [0.717, 1.165) is 66.9 Å². The predicted octanol–water partition coefficient (Wildman–Crippen LogP) is 5.69. The van der Waals surface area contributed by atoms with Crippen LogP contribution in [0.2, 0.25) is 0 Å². The molecule has 5 nitrogen and oxygen atoms in total. The van der Waals surface area contributed by atoms with Crippen molar-refractivity contribution in [1.82, 2.24) is 25.4 Å². The van der Waals surface area contributed by atoms with Gasteiger partial charge in [0.1, 0.15) is 11.6 Å². The van der Waals surface area contributed by atoms with Gasteiger partial charge in [-0.2, -0.15) is 0 Å². The first-order valence-electron chi connectivity index (χ1n) is 13.0. The number of hydrogen-bond acceptors (Lipinski definition) is 4. The Morgan fingerprint density at radius 3 is 1.66 bits per heavy atom. The predicted molar refractivity (Wildman–Crippen MR) is 147 cm³/mol. The number of aromatic nitrogens is 3. The second kappa shape index (κ2) is 10.8. The van der Waals surface area contributed by atoms with Crippen molar-refractivity contribution in [3.8, 4) is 22.8 Å². The molecule has 38 heavy (non-hydrogen) atoms. The summed E-state index contributed by atoms with van der Waals surface area (Å²) in [5.74, 6) is 0.00110. The molecule has 7 heteroatoms. The number of nitrogens with zero attached hydrogens (tertiary/aromatic N) is 3. The molecular weight excluding hydrogens is 480 g/mol. The van der Waals surface area contributed by atoms with Crippen LogP contribution in [0.4, 0.5) is 8.78 Å². The van der Waals surface area contributed by atoms with Gasteiger partial charge >= 0.3 is 0 Å². The Morgan fingerprint density at radius 1 is 0.684 bits per heavy atom. The van der Waals surface area contributed by atoms with E-state index < -0.39 is 0 Å². The van der Waals surface area contributed by atoms with Gasteiger partial charge in [-0.3, -0.25) is 0 Å². The molecule has 2 aliphatic rings. The molecule has 0 saturated carbocycles. The van der Waals surface area contributed by atoms with Crippen molar-refractivity contribution < 1.29 is 8.78 Å². The van der Waals surface area contributed by atoms with Crippen molar-refractivity contribution in [2.75, 3.05) is 26.2 Å². The molecule has 0 bridgehead atoms. The lowest BCUT2D eigenvalue weighted by Crippen LogP contribution is -2.20. The van der Waals surface area contributed by atoms with Crippen molar-refractivity contribution in [1.29, 1.82) is 0 Å². The van der Waals surface area contributed by atoms with E-state index >= 15 is 8.78 Å². The maximum Gasteiger partial charge on any atom is 0.167 e. The Morgan fingerprint density at radius 2 is 1.21 bits per heavy atom. The summed E-state index contributed by atoms with van der Waals surface area (Å²) in [6.45, 7) is 3.71. The highest BCUT2D eigenvalue weighted by atomic mass is 19.1. The maximum absolute atomic E-state index is 15.6. The van der Waals surface area contributed by atoms with Crippen LogP contribution in [0.3, 0.4) is 0 Å². The van der Waals surface area contributed by atoms with Gasteiger partial charge in [0, 0.05) is 13.1 Å². The summed E-state index contributed by atoms with van der Waals surface area (Å²) >= 11 is 0. The molecule has 0 saturated heterocycles. The van der Waals surface area contributed by atoms with Crippen LogP contribution in [0.5, 0.6) is 0 Å². The third-order valence-corrected chi connectivity index (χ3v) is 7.22. The Balaban J connectivity index is 1.42. The van der Waals surface area contributed by atoms with Gasteiger partial charge in [-0.05, 0) is 78.0 Å². The lowest BCUT2D eigenvalue weighted by Gasteiger charge is -2.16. The largest absolute Gasteiger partial charge is 0.313 e. The highest BCUT2D eigenvalue weighted by Crippen LogP contribution is 2.32. The number of halogens is 2. The van der Waals surface area contributed by atoms with Crippen LogP contribution in [0.1, 0.15) is 29.5 Å². The summed E-state index contributed by atoms with van der Waals surface area (Å²) in [5.41, 5.74) is 5.68. The molecule has 0 atom stereocenters. The lowest BCUT2D eigenvalue weighted by atomic mass is 9.98. The van der Waals surface area contributed by atoms with Gasteiger partial charge < -0.3 is 15.2 Å². The molecule has 1 aromatic heterocycles. The second-order valence-corrected chi connectivity index (χ2v) is 9.68. The van der Waals surface area contributed by atoms with Gasteiger partial charge in [-0.1, -0.05) is 54.6 Å². The molecule has 3 heterocycles. The quantitative estimate of drug-likeness (QED) is 0.351. The summed E-state index contributed by atoms with van der Waals surface area (Å²) in [5, 5.41) is 15.3. The molecule has 6 rings (SSSR count). The highest BCUT2D eigenvalue weighted by molar-refractivity contribution is 5.72. The van der Waals surface area contributed by atoms with E-state index in [1.54, 1.807) is 28.8 Å². The van der Waals surface area contributed by atoms with Crippen molar-refractivity contribution in [2.45, 2.75) is 19.4 Å². The third kappa shape index (κ3) is 4.95. The Hall–Kier alpha value is -3.94. The van der Waals surface area contributed by atoms with E-state index in [0.29, 0.717) is 29.3 Å². The average molecular weight is 510 g/mol. The van der Waals surface area contributed by atoms with E-state index in [2.05, 4.69) is 33.0 Å². The lowest BCUT2D eigenvalue weighted by molar-refractivity contribution is 0.625. The first kappa shape index (κ1) is 24.4. The molecule has 2 aliphatic heterocycles. The number of nitrogens with one attached hydrogen (secondary N) is 2. The van der Waals surface area contributed by atoms with Gasteiger partial charge in [-0.25, -0.2) is 8.78 Å². The van der Waals surface area contributed by atoms with Crippen LogP contribution >= 0.6 is 0 Å². The van der Waals surface area contributed by atoms with Gasteiger partial charge in [0.25, 0.3) is 0 Å². The molecule has 192 valence electrons. The monoisotopic (exact) mass is 509 g/mol. The molecule has 3 aromatic carbocycles. The van der Waals surface area contributed by atoms with E-state index in [9.17, 15) is 0 Å². The zero-order chi connectivity index (χ0) is 25.9. The Bertz CT molecular complexity index is 1430. The zero-order valence-electron chi connectivity index (χ0n) is 21.1. The van der Waals surface area contributed by atoms with Gasteiger partial charge in [0.15, 0.2) is 11.6 Å². The van der Waals surface area contributed by atoms with Crippen LogP contribution in [-0.4, -0.2) is 40.9 Å². The first-order chi connectivity index (χ1) is 18.7. The standard InChI is InChI=1S/C31H29F2N5/c32-28-18-24(22-10-14-34-15-11-22)6-8-26(28)30-36-37-31(38(30)20-21-4-2-1-3-5-21)27-9-7-25(19-29(27)33)23-12-16-35-17-13-23/h1-10,12,18-19,34-35H,11,13-17,20H2. The van der Waals surface area contributed by atoms with Crippen LogP contribution in [0, 0.1) is 11.6 Å². The van der Waals surface area contributed by atoms with Crippen LogP contribution in [-0.2, 0) is 6.54 Å². The normalized spacial score (nSPS) is 15.7. The highest BCUT2D eigenvalue weighted by Gasteiger charge is 2.22. The fraction of sp³-hybridized carbons (Fsp3) is 0.226. The minimum absolute atomic E-state index is 0.342. The maximum atomic E-state index is 15.6. The van der Waals surface area contributed by atoms with Crippen molar-refractivity contribution >= 4 is 11.1 Å². The molecule has 4 aromatic rings. The van der Waals surface area contributed by atoms with E-state index in [1.807, 2.05) is 42.5 Å². The van der Waals surface area contributed by atoms with Gasteiger partial charge in [-0.15, -0.1) is 10.2 Å². The van der Waals surface area contributed by atoms with Crippen LogP contribution in [0.25, 0.3) is 33.9 Å². The summed E-state index contributed by atoms with van der Waals surface area (Å²) in [4.78, 5) is 0. The van der Waals surface area contributed by atoms with E-state index in [4.69, 9.17) is 0 Å². The minimum Gasteiger partial charge on any atom is -0.313 e. The number of rotatable bonds is 6. The minimum atomic E-state index is -0.371. The van der Waals surface area contributed by atoms with Crippen LogP contribution in [0.15, 0.2) is 78.9 Å². The van der Waals surface area contributed by atoms with Gasteiger partial charge in [0.05, 0.1) is 17.7 Å². The molecule has 0 amide bonds. The SMILES string of the molecule is Fc1cc(C2=CCNCC2)ccc1-c1nnc(-c2ccc(C3=CCNCC3)cc2F)n1Cc1ccccc1. The first-order valence-corrected chi connectivity index (χ1v) is 13.0. The summed E-state index contributed by atoms with van der Waals surface area (Å²) in [6.07, 6.45) is 5.91. The summed E-state index contributed by atoms with van der Waals surface area (Å²) < 4.78 is 32.9. The number of hydrogen-bond donors (Lipinski definition) is 2. The van der Waals surface area contributed by atoms with E-state index in [1.165, 1.54) is 0 Å². The van der Waals surface area contributed by atoms with Gasteiger partial charge in [0.2, 0.25) is 0 Å².